The molecule has 1 unspecified atom stereocenters. The number of likely N-dealkylation sites (tertiary alicyclic amines) is 1. The molecule has 2 saturated heterocycles. The van der Waals surface area contributed by atoms with Gasteiger partial charge in [0.1, 0.15) is 17.6 Å². The summed E-state index contributed by atoms with van der Waals surface area (Å²) in [6.07, 6.45) is 3.44. The van der Waals surface area contributed by atoms with Gasteiger partial charge in [-0.25, -0.2) is 10.0 Å². The summed E-state index contributed by atoms with van der Waals surface area (Å²) in [5.74, 6) is 1.15. The average molecular weight is 335 g/mol. The number of hydroxylamine groups is 2. The number of imidazole rings is 1. The van der Waals surface area contributed by atoms with E-state index in [4.69, 9.17) is 4.84 Å². The molecule has 0 spiro atoms. The first-order valence-electron chi connectivity index (χ1n) is 8.46. The van der Waals surface area contributed by atoms with Crippen molar-refractivity contribution in [2.75, 3.05) is 40.3 Å². The third-order valence-electron chi connectivity index (χ3n) is 4.80. The van der Waals surface area contributed by atoms with Gasteiger partial charge in [-0.3, -0.25) is 19.3 Å². The Labute approximate surface area is 141 Å². The van der Waals surface area contributed by atoms with Gasteiger partial charge in [-0.1, -0.05) is 0 Å². The van der Waals surface area contributed by atoms with Crippen LogP contribution < -0.4 is 0 Å². The molecule has 2 amide bonds. The summed E-state index contributed by atoms with van der Waals surface area (Å²) in [4.78, 5) is 40.9. The molecule has 24 heavy (non-hydrogen) atoms. The number of amides is 2. The molecule has 0 radical (unpaired) electrons. The van der Waals surface area contributed by atoms with Crippen LogP contribution in [-0.4, -0.2) is 83.0 Å². The second-order valence-electron chi connectivity index (χ2n) is 6.54. The molecule has 132 valence electrons. The van der Waals surface area contributed by atoms with Crippen molar-refractivity contribution in [1.82, 2.24) is 24.8 Å². The number of hydrogen-bond acceptors (Lipinski definition) is 5. The van der Waals surface area contributed by atoms with E-state index in [0.29, 0.717) is 24.8 Å². The zero-order valence-corrected chi connectivity index (χ0v) is 14.5. The number of aromatic nitrogens is 2. The van der Waals surface area contributed by atoms with Crippen molar-refractivity contribution >= 4 is 11.8 Å². The van der Waals surface area contributed by atoms with Gasteiger partial charge in [-0.2, -0.15) is 0 Å². The highest BCUT2D eigenvalue weighted by Gasteiger charge is 2.38. The Kier molecular flexibility index (Phi) is 4.86. The fraction of sp³-hybridized carbons (Fsp3) is 0.688. The highest BCUT2D eigenvalue weighted by Crippen LogP contribution is 2.28. The van der Waals surface area contributed by atoms with E-state index < -0.39 is 0 Å². The van der Waals surface area contributed by atoms with Crippen LogP contribution in [-0.2, 0) is 9.63 Å². The van der Waals surface area contributed by atoms with E-state index in [1.807, 2.05) is 6.92 Å². The number of nitrogens with one attached hydrogen (secondary N) is 1. The van der Waals surface area contributed by atoms with Crippen molar-refractivity contribution in [2.45, 2.75) is 31.7 Å². The number of nitrogens with zero attached hydrogens (tertiary/aromatic N) is 4. The first kappa shape index (κ1) is 16.9. The van der Waals surface area contributed by atoms with E-state index in [1.54, 1.807) is 20.3 Å². The molecule has 0 aromatic carbocycles. The fourth-order valence-electron chi connectivity index (χ4n) is 3.35. The molecule has 8 nitrogen and oxygen atoms in total. The Morgan fingerprint density at radius 3 is 2.71 bits per heavy atom. The number of aromatic amines is 1. The van der Waals surface area contributed by atoms with Gasteiger partial charge in [0.25, 0.3) is 11.8 Å². The van der Waals surface area contributed by atoms with Crippen molar-refractivity contribution in [3.63, 3.8) is 0 Å². The van der Waals surface area contributed by atoms with Gasteiger partial charge in [0, 0.05) is 26.6 Å². The van der Waals surface area contributed by atoms with Crippen molar-refractivity contribution in [2.24, 2.45) is 0 Å². The summed E-state index contributed by atoms with van der Waals surface area (Å²) in [6, 6.07) is -0.159. The molecule has 1 atom stereocenters. The Morgan fingerprint density at radius 2 is 2.12 bits per heavy atom. The molecule has 1 aromatic rings. The Balaban J connectivity index is 1.58. The maximum absolute atomic E-state index is 12.2. The molecule has 3 heterocycles. The summed E-state index contributed by atoms with van der Waals surface area (Å²) in [7, 11) is 3.45. The average Bonchev–Trinajstić information content (AvgIpc) is 3.21. The van der Waals surface area contributed by atoms with Gasteiger partial charge >= 0.3 is 0 Å². The van der Waals surface area contributed by atoms with Crippen molar-refractivity contribution in [3.8, 4) is 0 Å². The van der Waals surface area contributed by atoms with Crippen LogP contribution in [0.1, 0.15) is 42.0 Å². The molecule has 2 aliphatic heterocycles. The lowest BCUT2D eigenvalue weighted by Gasteiger charge is -2.33. The summed E-state index contributed by atoms with van der Waals surface area (Å²) in [5, 5.41) is 1.45. The zero-order chi connectivity index (χ0) is 17.3. The maximum Gasteiger partial charge on any atom is 0.271 e. The van der Waals surface area contributed by atoms with Crippen LogP contribution in [0.15, 0.2) is 6.20 Å². The fourth-order valence-corrected chi connectivity index (χ4v) is 3.35. The van der Waals surface area contributed by atoms with E-state index >= 15 is 0 Å². The molecule has 2 fully saturated rings. The van der Waals surface area contributed by atoms with Gasteiger partial charge in [-0.05, 0) is 32.9 Å². The third kappa shape index (κ3) is 3.16. The molecular weight excluding hydrogens is 310 g/mol. The van der Waals surface area contributed by atoms with Crippen LogP contribution in [0.3, 0.4) is 0 Å². The van der Waals surface area contributed by atoms with Gasteiger partial charge in [0.15, 0.2) is 0 Å². The van der Waals surface area contributed by atoms with Gasteiger partial charge in [0.05, 0.1) is 12.8 Å². The number of carbonyl (C=O) groups is 2. The second-order valence-corrected chi connectivity index (χ2v) is 6.54. The monoisotopic (exact) mass is 335 g/mol. The summed E-state index contributed by atoms with van der Waals surface area (Å²) < 4.78 is 0. The number of H-pyrrole nitrogens is 1. The quantitative estimate of drug-likeness (QED) is 0.864. The lowest BCUT2D eigenvalue weighted by atomic mass is 9.95. The van der Waals surface area contributed by atoms with Crippen LogP contribution >= 0.6 is 0 Å². The van der Waals surface area contributed by atoms with E-state index in [9.17, 15) is 9.59 Å². The highest BCUT2D eigenvalue weighted by molar-refractivity contribution is 5.91. The van der Waals surface area contributed by atoms with Crippen LogP contribution in [0.5, 0.6) is 0 Å². The van der Waals surface area contributed by atoms with E-state index in [0.717, 1.165) is 31.8 Å². The SMILES string of the molecule is CCN1OCC(N2CCC(c3ncc(C(=O)N(C)C)[nH]3)CC2)C1=O. The Bertz CT molecular complexity index is 607. The van der Waals surface area contributed by atoms with Crippen LogP contribution in [0.4, 0.5) is 0 Å². The molecule has 8 heteroatoms. The third-order valence-corrected chi connectivity index (χ3v) is 4.80. The Morgan fingerprint density at radius 1 is 1.42 bits per heavy atom. The van der Waals surface area contributed by atoms with E-state index in [1.165, 1.54) is 9.96 Å². The largest absolute Gasteiger partial charge is 0.343 e. The zero-order valence-electron chi connectivity index (χ0n) is 14.5. The molecular formula is C16H25N5O3. The maximum atomic E-state index is 12.2. The molecule has 3 rings (SSSR count). The molecule has 0 aliphatic carbocycles. The van der Waals surface area contributed by atoms with Crippen LogP contribution in [0, 0.1) is 0 Å². The lowest BCUT2D eigenvalue weighted by molar-refractivity contribution is -0.160. The molecule has 1 N–H and O–H groups in total. The number of likely N-dealkylation sites (N-methyl/N-ethyl adjacent to an activating group) is 1. The number of piperidine rings is 1. The number of carbonyl (C=O) groups excluding carboxylic acids is 2. The lowest BCUT2D eigenvalue weighted by Crippen LogP contribution is -2.46. The molecule has 0 bridgehead atoms. The molecule has 2 aliphatic rings. The minimum absolute atomic E-state index is 0.0628. The van der Waals surface area contributed by atoms with E-state index in [2.05, 4.69) is 14.9 Å². The van der Waals surface area contributed by atoms with Crippen LogP contribution in [0.2, 0.25) is 0 Å². The first-order chi connectivity index (χ1) is 11.5. The molecule has 1 aromatic heterocycles. The number of rotatable bonds is 4. The number of hydrogen-bond donors (Lipinski definition) is 1. The van der Waals surface area contributed by atoms with Crippen LogP contribution in [0.25, 0.3) is 0 Å². The van der Waals surface area contributed by atoms with E-state index in [-0.39, 0.29) is 17.9 Å². The van der Waals surface area contributed by atoms with Crippen molar-refractivity contribution < 1.29 is 14.4 Å². The minimum atomic E-state index is -0.159. The van der Waals surface area contributed by atoms with Gasteiger partial charge < -0.3 is 9.88 Å². The first-order valence-corrected chi connectivity index (χ1v) is 8.46. The summed E-state index contributed by atoms with van der Waals surface area (Å²) in [6.45, 7) is 4.61. The Hall–Kier alpha value is -1.93. The van der Waals surface area contributed by atoms with Crippen molar-refractivity contribution in [1.29, 1.82) is 0 Å². The predicted molar refractivity (Wildman–Crippen MR) is 87.3 cm³/mol. The topological polar surface area (TPSA) is 81.8 Å². The smallest absolute Gasteiger partial charge is 0.271 e. The normalized spacial score (nSPS) is 23.0. The molecule has 0 saturated carbocycles. The highest BCUT2D eigenvalue weighted by atomic mass is 16.7. The summed E-state index contributed by atoms with van der Waals surface area (Å²) in [5.41, 5.74) is 0.524. The second kappa shape index (κ2) is 6.90. The standard InChI is InChI=1S/C16H25N5O3/c1-4-21-16(23)13(10-24-21)20-7-5-11(6-8-20)14-17-9-12(18-14)15(22)19(2)3/h9,11,13H,4-8,10H2,1-3H3,(H,17,18). The minimum Gasteiger partial charge on any atom is -0.343 e. The predicted octanol–water partition coefficient (Wildman–Crippen LogP) is 0.453. The van der Waals surface area contributed by atoms with Gasteiger partial charge in [0.2, 0.25) is 0 Å². The van der Waals surface area contributed by atoms with Crippen molar-refractivity contribution in [3.05, 3.63) is 17.7 Å². The summed E-state index contributed by atoms with van der Waals surface area (Å²) >= 11 is 0. The van der Waals surface area contributed by atoms with Gasteiger partial charge in [-0.15, -0.1) is 0 Å².